The number of methoxy groups -OCH3 is 1. The Morgan fingerprint density at radius 2 is 2.11 bits per heavy atom. The van der Waals surface area contributed by atoms with Gasteiger partial charge in [-0.2, -0.15) is 0 Å². The lowest BCUT2D eigenvalue weighted by Crippen LogP contribution is -2.34. The van der Waals surface area contributed by atoms with Crippen molar-refractivity contribution in [2.45, 2.75) is 38.1 Å². The average Bonchev–Trinajstić information content (AvgIpc) is 3.18. The van der Waals surface area contributed by atoms with Gasteiger partial charge in [-0.05, 0) is 31.0 Å². The highest BCUT2D eigenvalue weighted by Gasteiger charge is 2.18. The summed E-state index contributed by atoms with van der Waals surface area (Å²) in [5, 5.41) is 5.89. The Bertz CT molecular complexity index is 862. The van der Waals surface area contributed by atoms with Crippen LogP contribution in [-0.2, 0) is 6.54 Å². The molecule has 27 heavy (non-hydrogen) atoms. The van der Waals surface area contributed by atoms with E-state index in [9.17, 15) is 9.59 Å². The van der Waals surface area contributed by atoms with E-state index in [0.29, 0.717) is 35.5 Å². The minimum atomic E-state index is -0.404. The Hall–Kier alpha value is -2.54. The van der Waals surface area contributed by atoms with Gasteiger partial charge in [0, 0.05) is 30.1 Å². The van der Waals surface area contributed by atoms with Gasteiger partial charge < -0.3 is 15.4 Å². The smallest absolute Gasteiger partial charge is 0.319 e. The minimum Gasteiger partial charge on any atom is -0.495 e. The van der Waals surface area contributed by atoms with Crippen molar-refractivity contribution < 1.29 is 9.53 Å². The molecule has 0 atom stereocenters. The largest absolute Gasteiger partial charge is 0.495 e. The summed E-state index contributed by atoms with van der Waals surface area (Å²) in [6.07, 6.45) is 6.17. The average molecular weight is 391 g/mol. The number of amides is 2. The molecular formula is C19H23ClN4O3. The molecule has 1 saturated carbocycles. The van der Waals surface area contributed by atoms with Crippen LogP contribution in [0.25, 0.3) is 0 Å². The first-order chi connectivity index (χ1) is 13.1. The van der Waals surface area contributed by atoms with Gasteiger partial charge in [0.1, 0.15) is 5.75 Å². The van der Waals surface area contributed by atoms with Crippen LogP contribution in [0.4, 0.5) is 10.5 Å². The molecule has 2 N–H and O–H groups in total. The number of carbonyl (C=O) groups is 1. The zero-order valence-corrected chi connectivity index (χ0v) is 16.0. The summed E-state index contributed by atoms with van der Waals surface area (Å²) in [5.41, 5.74) is 1.26. The fraction of sp³-hybridized carbons (Fsp3) is 0.421. The van der Waals surface area contributed by atoms with Gasteiger partial charge >= 0.3 is 6.03 Å². The molecule has 1 aromatic carbocycles. The second-order valence-electron chi connectivity index (χ2n) is 6.55. The SMILES string of the molecule is COc1ccc(Cl)cc1NC(=O)NCCn1cnc(C2CCCC2)cc1=O. The number of halogens is 1. The summed E-state index contributed by atoms with van der Waals surface area (Å²) in [7, 11) is 1.51. The van der Waals surface area contributed by atoms with Crippen molar-refractivity contribution in [3.63, 3.8) is 0 Å². The first-order valence-electron chi connectivity index (χ1n) is 9.01. The number of nitrogens with one attached hydrogen (secondary N) is 2. The molecule has 0 aliphatic heterocycles. The summed E-state index contributed by atoms with van der Waals surface area (Å²) >= 11 is 5.95. The molecular weight excluding hydrogens is 368 g/mol. The summed E-state index contributed by atoms with van der Waals surface area (Å²) in [4.78, 5) is 28.7. The van der Waals surface area contributed by atoms with Crippen molar-refractivity contribution in [1.29, 1.82) is 0 Å². The predicted octanol–water partition coefficient (Wildman–Crippen LogP) is 3.38. The Morgan fingerprint density at radius 3 is 2.81 bits per heavy atom. The quantitative estimate of drug-likeness (QED) is 0.791. The second kappa shape index (κ2) is 8.90. The third-order valence-corrected chi connectivity index (χ3v) is 4.96. The van der Waals surface area contributed by atoms with Crippen LogP contribution in [0.1, 0.15) is 37.3 Å². The van der Waals surface area contributed by atoms with Crippen LogP contribution < -0.4 is 20.9 Å². The molecule has 0 saturated heterocycles. The van der Waals surface area contributed by atoms with Crippen molar-refractivity contribution in [3.8, 4) is 5.75 Å². The number of rotatable bonds is 6. The fourth-order valence-corrected chi connectivity index (χ4v) is 3.46. The van der Waals surface area contributed by atoms with E-state index in [-0.39, 0.29) is 5.56 Å². The molecule has 2 aromatic rings. The zero-order chi connectivity index (χ0) is 19.2. The maximum absolute atomic E-state index is 12.2. The molecule has 1 heterocycles. The number of hydrogen-bond donors (Lipinski definition) is 2. The molecule has 1 aliphatic rings. The lowest BCUT2D eigenvalue weighted by Gasteiger charge is -2.13. The lowest BCUT2D eigenvalue weighted by molar-refractivity contribution is 0.251. The third-order valence-electron chi connectivity index (χ3n) is 4.72. The number of benzene rings is 1. The molecule has 7 nitrogen and oxygen atoms in total. The Morgan fingerprint density at radius 1 is 1.33 bits per heavy atom. The first-order valence-corrected chi connectivity index (χ1v) is 9.39. The standard InChI is InChI=1S/C19H23ClN4O3/c1-27-17-7-6-14(20)10-16(17)23-19(26)21-8-9-24-12-22-15(11-18(24)25)13-4-2-3-5-13/h6-7,10-13H,2-5,8-9H2,1H3,(H2,21,23,26). The third kappa shape index (κ3) is 5.01. The predicted molar refractivity (Wildman–Crippen MR) is 105 cm³/mol. The number of urea groups is 1. The minimum absolute atomic E-state index is 0.0920. The van der Waals surface area contributed by atoms with Crippen molar-refractivity contribution in [2.75, 3.05) is 19.0 Å². The summed E-state index contributed by atoms with van der Waals surface area (Å²) in [6.45, 7) is 0.635. The molecule has 0 spiro atoms. The molecule has 1 aliphatic carbocycles. The number of aromatic nitrogens is 2. The monoisotopic (exact) mass is 390 g/mol. The van der Waals surface area contributed by atoms with Gasteiger partial charge in [0.25, 0.3) is 5.56 Å². The Labute approximate surface area is 162 Å². The van der Waals surface area contributed by atoms with Crippen molar-refractivity contribution in [2.24, 2.45) is 0 Å². The van der Waals surface area contributed by atoms with Crippen LogP contribution >= 0.6 is 11.6 Å². The molecule has 0 bridgehead atoms. The van der Waals surface area contributed by atoms with E-state index in [1.54, 1.807) is 30.6 Å². The van der Waals surface area contributed by atoms with Gasteiger partial charge in [-0.3, -0.25) is 9.36 Å². The maximum Gasteiger partial charge on any atom is 0.319 e. The van der Waals surface area contributed by atoms with Gasteiger partial charge in [-0.1, -0.05) is 24.4 Å². The molecule has 2 amide bonds. The van der Waals surface area contributed by atoms with Crippen molar-refractivity contribution in [1.82, 2.24) is 14.9 Å². The van der Waals surface area contributed by atoms with Gasteiger partial charge in [-0.15, -0.1) is 0 Å². The highest BCUT2D eigenvalue weighted by molar-refractivity contribution is 6.31. The van der Waals surface area contributed by atoms with Crippen LogP contribution in [0.3, 0.4) is 0 Å². The number of carbonyl (C=O) groups excluding carboxylic acids is 1. The van der Waals surface area contributed by atoms with Gasteiger partial charge in [-0.25, -0.2) is 9.78 Å². The Kier molecular flexibility index (Phi) is 6.34. The number of anilines is 1. The van der Waals surface area contributed by atoms with Crippen LogP contribution in [0.2, 0.25) is 5.02 Å². The van der Waals surface area contributed by atoms with Crippen LogP contribution in [0.5, 0.6) is 5.75 Å². The zero-order valence-electron chi connectivity index (χ0n) is 15.2. The molecule has 8 heteroatoms. The summed E-state index contributed by atoms with van der Waals surface area (Å²) in [6, 6.07) is 6.18. The van der Waals surface area contributed by atoms with E-state index in [4.69, 9.17) is 16.3 Å². The molecule has 1 fully saturated rings. The second-order valence-corrected chi connectivity index (χ2v) is 6.99. The topological polar surface area (TPSA) is 85.2 Å². The van der Waals surface area contributed by atoms with Crippen LogP contribution in [0.15, 0.2) is 35.4 Å². The van der Waals surface area contributed by atoms with E-state index in [0.717, 1.165) is 18.5 Å². The molecule has 3 rings (SSSR count). The van der Waals surface area contributed by atoms with E-state index in [1.807, 2.05) is 0 Å². The van der Waals surface area contributed by atoms with E-state index in [1.165, 1.54) is 24.5 Å². The molecule has 1 aromatic heterocycles. The van der Waals surface area contributed by atoms with Gasteiger partial charge in [0.15, 0.2) is 0 Å². The normalized spacial score (nSPS) is 14.1. The highest BCUT2D eigenvalue weighted by Crippen LogP contribution is 2.32. The molecule has 0 radical (unpaired) electrons. The van der Waals surface area contributed by atoms with E-state index in [2.05, 4.69) is 15.6 Å². The lowest BCUT2D eigenvalue weighted by atomic mass is 10.0. The molecule has 144 valence electrons. The van der Waals surface area contributed by atoms with E-state index >= 15 is 0 Å². The van der Waals surface area contributed by atoms with Crippen molar-refractivity contribution >= 4 is 23.3 Å². The van der Waals surface area contributed by atoms with Gasteiger partial charge in [0.2, 0.25) is 0 Å². The van der Waals surface area contributed by atoms with Gasteiger partial charge in [0.05, 0.1) is 24.8 Å². The summed E-state index contributed by atoms with van der Waals surface area (Å²) < 4.78 is 6.69. The summed E-state index contributed by atoms with van der Waals surface area (Å²) in [5.74, 6) is 0.918. The fourth-order valence-electron chi connectivity index (χ4n) is 3.29. The van der Waals surface area contributed by atoms with E-state index < -0.39 is 6.03 Å². The number of nitrogens with zero attached hydrogens (tertiary/aromatic N) is 2. The highest BCUT2D eigenvalue weighted by atomic mass is 35.5. The van der Waals surface area contributed by atoms with Crippen molar-refractivity contribution in [3.05, 3.63) is 51.7 Å². The first kappa shape index (κ1) is 19.2. The van der Waals surface area contributed by atoms with Crippen LogP contribution in [0, 0.1) is 0 Å². The number of ether oxygens (including phenoxy) is 1. The Balaban J connectivity index is 1.53. The van der Waals surface area contributed by atoms with Crippen LogP contribution in [-0.4, -0.2) is 29.2 Å². The maximum atomic E-state index is 12.2. The number of hydrogen-bond acceptors (Lipinski definition) is 4. The molecule has 0 unspecified atom stereocenters.